The van der Waals surface area contributed by atoms with E-state index in [9.17, 15) is 0 Å². The van der Waals surface area contributed by atoms with Gasteiger partial charge in [-0.2, -0.15) is 5.10 Å². The van der Waals surface area contributed by atoms with Gasteiger partial charge in [-0.25, -0.2) is 0 Å². The van der Waals surface area contributed by atoms with Crippen LogP contribution in [0.2, 0.25) is 5.02 Å². The van der Waals surface area contributed by atoms with Crippen LogP contribution >= 0.6 is 27.5 Å². The molecule has 1 aromatic carbocycles. The van der Waals surface area contributed by atoms with Crippen LogP contribution in [0, 0.1) is 0 Å². The molecule has 0 fully saturated rings. The molecule has 3 nitrogen and oxygen atoms in total. The average Bonchev–Trinajstić information content (AvgIpc) is 2.67. The molecule has 84 valence electrons. The van der Waals surface area contributed by atoms with E-state index in [1.807, 2.05) is 29.1 Å². The summed E-state index contributed by atoms with van der Waals surface area (Å²) in [6.45, 7) is 1.17. The number of hydrogen-bond acceptors (Lipinski definition) is 2. The van der Waals surface area contributed by atoms with E-state index in [-0.39, 0.29) is 0 Å². The van der Waals surface area contributed by atoms with Crippen LogP contribution in [0.15, 0.2) is 35.1 Å². The Hall–Kier alpha value is -0.840. The monoisotopic (exact) mass is 299 g/mol. The maximum absolute atomic E-state index is 6.16. The van der Waals surface area contributed by atoms with Gasteiger partial charge in [0.15, 0.2) is 0 Å². The van der Waals surface area contributed by atoms with Crippen LogP contribution in [0.4, 0.5) is 0 Å². The Kier molecular flexibility index (Phi) is 3.63. The second kappa shape index (κ2) is 4.99. The number of rotatable bonds is 3. The third-order valence-electron chi connectivity index (χ3n) is 2.29. The summed E-state index contributed by atoms with van der Waals surface area (Å²) in [7, 11) is 0. The Bertz CT molecular complexity index is 496. The van der Waals surface area contributed by atoms with E-state index in [4.69, 9.17) is 17.3 Å². The number of benzene rings is 1. The summed E-state index contributed by atoms with van der Waals surface area (Å²) in [4.78, 5) is 0. The highest BCUT2D eigenvalue weighted by atomic mass is 79.9. The molecule has 0 aliphatic carbocycles. The molecule has 2 aromatic rings. The maximum Gasteiger partial charge on any atom is 0.0674 e. The molecular formula is C11H11BrClN3. The van der Waals surface area contributed by atoms with Crippen molar-refractivity contribution in [2.24, 2.45) is 5.73 Å². The second-order valence-electron chi connectivity index (χ2n) is 3.49. The van der Waals surface area contributed by atoms with Crippen LogP contribution < -0.4 is 5.73 Å². The van der Waals surface area contributed by atoms with Crippen molar-refractivity contribution >= 4 is 27.5 Å². The van der Waals surface area contributed by atoms with Gasteiger partial charge in [-0.05, 0) is 33.1 Å². The number of hydrogen-bond donors (Lipinski definition) is 1. The van der Waals surface area contributed by atoms with Crippen LogP contribution in [-0.4, -0.2) is 9.78 Å². The van der Waals surface area contributed by atoms with Gasteiger partial charge in [-0.15, -0.1) is 0 Å². The van der Waals surface area contributed by atoms with Crippen molar-refractivity contribution in [1.82, 2.24) is 9.78 Å². The smallest absolute Gasteiger partial charge is 0.0674 e. The van der Waals surface area contributed by atoms with Crippen molar-refractivity contribution in [2.75, 3.05) is 0 Å². The Labute approximate surface area is 107 Å². The highest BCUT2D eigenvalue weighted by Crippen LogP contribution is 2.19. The largest absolute Gasteiger partial charge is 0.326 e. The molecule has 0 saturated heterocycles. The van der Waals surface area contributed by atoms with Gasteiger partial charge in [0.05, 0.1) is 17.2 Å². The topological polar surface area (TPSA) is 43.8 Å². The quantitative estimate of drug-likeness (QED) is 0.947. The van der Waals surface area contributed by atoms with Crippen molar-refractivity contribution < 1.29 is 0 Å². The van der Waals surface area contributed by atoms with Crippen molar-refractivity contribution in [2.45, 2.75) is 13.1 Å². The molecule has 0 saturated carbocycles. The molecule has 0 unspecified atom stereocenters. The third-order valence-corrected chi connectivity index (χ3v) is 3.05. The maximum atomic E-state index is 6.16. The van der Waals surface area contributed by atoms with Crippen LogP contribution in [0.5, 0.6) is 0 Å². The molecule has 0 atom stereocenters. The zero-order valence-corrected chi connectivity index (χ0v) is 10.9. The summed E-state index contributed by atoms with van der Waals surface area (Å²) in [6.07, 6.45) is 3.66. The first-order valence-electron chi connectivity index (χ1n) is 4.84. The number of nitrogens with zero attached hydrogens (tertiary/aromatic N) is 2. The zero-order chi connectivity index (χ0) is 11.5. The highest BCUT2D eigenvalue weighted by molar-refractivity contribution is 9.10. The van der Waals surface area contributed by atoms with E-state index in [1.165, 1.54) is 0 Å². The van der Waals surface area contributed by atoms with E-state index in [0.717, 1.165) is 20.6 Å². The highest BCUT2D eigenvalue weighted by Gasteiger charge is 2.03. The van der Waals surface area contributed by atoms with Crippen LogP contribution in [0.25, 0.3) is 0 Å². The Morgan fingerprint density at radius 3 is 2.81 bits per heavy atom. The lowest BCUT2D eigenvalue weighted by Crippen LogP contribution is -2.02. The van der Waals surface area contributed by atoms with Gasteiger partial charge in [-0.1, -0.05) is 23.7 Å². The molecule has 0 radical (unpaired) electrons. The number of halogens is 2. The third kappa shape index (κ3) is 2.64. The van der Waals surface area contributed by atoms with E-state index in [2.05, 4.69) is 21.0 Å². The van der Waals surface area contributed by atoms with E-state index >= 15 is 0 Å². The molecule has 0 spiro atoms. The Morgan fingerprint density at radius 1 is 1.44 bits per heavy atom. The molecule has 0 aliphatic rings. The zero-order valence-electron chi connectivity index (χ0n) is 8.53. The summed E-state index contributed by atoms with van der Waals surface area (Å²) in [5, 5.41) is 4.91. The Morgan fingerprint density at radius 2 is 2.25 bits per heavy atom. The SMILES string of the molecule is NCc1ccc(Cn2cc(Br)cn2)c(Cl)c1. The minimum absolute atomic E-state index is 0.507. The van der Waals surface area contributed by atoms with Crippen LogP contribution in [0.1, 0.15) is 11.1 Å². The minimum Gasteiger partial charge on any atom is -0.326 e. The van der Waals surface area contributed by atoms with Crippen molar-refractivity contribution in [3.05, 3.63) is 51.2 Å². The van der Waals surface area contributed by atoms with Gasteiger partial charge in [-0.3, -0.25) is 4.68 Å². The minimum atomic E-state index is 0.507. The summed E-state index contributed by atoms with van der Waals surface area (Å²) < 4.78 is 2.79. The lowest BCUT2D eigenvalue weighted by Gasteiger charge is -2.06. The van der Waals surface area contributed by atoms with Gasteiger partial charge in [0, 0.05) is 17.8 Å². The molecule has 0 bridgehead atoms. The standard InChI is InChI=1S/C11H11BrClN3/c12-10-5-15-16(7-10)6-9-2-1-8(4-14)3-11(9)13/h1-3,5,7H,4,6,14H2. The molecule has 0 aliphatic heterocycles. The first-order valence-corrected chi connectivity index (χ1v) is 6.01. The van der Waals surface area contributed by atoms with Crippen LogP contribution in [0.3, 0.4) is 0 Å². The van der Waals surface area contributed by atoms with Gasteiger partial charge >= 0.3 is 0 Å². The summed E-state index contributed by atoms with van der Waals surface area (Å²) >= 11 is 9.51. The predicted molar refractivity (Wildman–Crippen MR) is 68.4 cm³/mol. The summed E-state index contributed by atoms with van der Waals surface area (Å²) in [5.41, 5.74) is 7.62. The molecule has 0 amide bonds. The second-order valence-corrected chi connectivity index (χ2v) is 4.81. The van der Waals surface area contributed by atoms with Crippen molar-refractivity contribution in [3.8, 4) is 0 Å². The van der Waals surface area contributed by atoms with E-state index in [0.29, 0.717) is 13.1 Å². The fourth-order valence-corrected chi connectivity index (χ4v) is 2.04. The van der Waals surface area contributed by atoms with Gasteiger partial charge < -0.3 is 5.73 Å². The first-order chi connectivity index (χ1) is 7.69. The fourth-order valence-electron chi connectivity index (χ4n) is 1.45. The number of nitrogens with two attached hydrogens (primary N) is 1. The molecule has 16 heavy (non-hydrogen) atoms. The number of aromatic nitrogens is 2. The lowest BCUT2D eigenvalue weighted by molar-refractivity contribution is 0.686. The molecule has 2 N–H and O–H groups in total. The predicted octanol–water partition coefficient (Wildman–Crippen LogP) is 2.81. The molecule has 5 heteroatoms. The van der Waals surface area contributed by atoms with Gasteiger partial charge in [0.2, 0.25) is 0 Å². The van der Waals surface area contributed by atoms with E-state index in [1.54, 1.807) is 6.20 Å². The van der Waals surface area contributed by atoms with Crippen molar-refractivity contribution in [3.63, 3.8) is 0 Å². The lowest BCUT2D eigenvalue weighted by atomic mass is 10.1. The van der Waals surface area contributed by atoms with Crippen LogP contribution in [-0.2, 0) is 13.1 Å². The molecule has 1 aromatic heterocycles. The van der Waals surface area contributed by atoms with Gasteiger partial charge in [0.1, 0.15) is 0 Å². The van der Waals surface area contributed by atoms with Crippen molar-refractivity contribution in [1.29, 1.82) is 0 Å². The summed E-state index contributed by atoms with van der Waals surface area (Å²) in [5.74, 6) is 0. The fraction of sp³-hybridized carbons (Fsp3) is 0.182. The first kappa shape index (κ1) is 11.6. The Balaban J connectivity index is 2.21. The normalized spacial score (nSPS) is 10.7. The molecule has 1 heterocycles. The molecule has 2 rings (SSSR count). The average molecular weight is 301 g/mol. The molecular weight excluding hydrogens is 289 g/mol. The van der Waals surface area contributed by atoms with Gasteiger partial charge in [0.25, 0.3) is 0 Å². The summed E-state index contributed by atoms with van der Waals surface area (Å²) in [6, 6.07) is 5.87. The van der Waals surface area contributed by atoms with E-state index < -0.39 is 0 Å².